The van der Waals surface area contributed by atoms with Gasteiger partial charge in [-0.15, -0.1) is 0 Å². The Labute approximate surface area is 149 Å². The molecule has 1 aromatic rings. The fourth-order valence-electron chi connectivity index (χ4n) is 3.73. The lowest BCUT2D eigenvalue weighted by Crippen LogP contribution is -2.38. The minimum absolute atomic E-state index is 0.140. The Morgan fingerprint density at radius 2 is 1.81 bits per heavy atom. The maximum atomic E-state index is 13.0. The minimum Gasteiger partial charge on any atom is -0.481 e. The first kappa shape index (κ1) is 18.7. The summed E-state index contributed by atoms with van der Waals surface area (Å²) < 4.78 is 38.9. The molecule has 3 unspecified atom stereocenters. The number of aliphatic carboxylic acids is 1. The lowest BCUT2D eigenvalue weighted by molar-refractivity contribution is -0.144. The number of amides is 1. The summed E-state index contributed by atoms with van der Waals surface area (Å²) >= 11 is 0. The Morgan fingerprint density at radius 1 is 1.12 bits per heavy atom. The molecule has 2 fully saturated rings. The molecule has 2 saturated carbocycles. The monoisotopic (exact) mass is 369 g/mol. The van der Waals surface area contributed by atoms with E-state index in [2.05, 4.69) is 5.32 Å². The van der Waals surface area contributed by atoms with Gasteiger partial charge in [-0.1, -0.05) is 18.6 Å². The summed E-state index contributed by atoms with van der Waals surface area (Å²) in [5, 5.41) is 12.1. The molecule has 142 valence electrons. The van der Waals surface area contributed by atoms with Gasteiger partial charge in [0.2, 0.25) is 5.91 Å². The van der Waals surface area contributed by atoms with E-state index in [1.54, 1.807) is 6.07 Å². The zero-order valence-electron chi connectivity index (χ0n) is 14.3. The van der Waals surface area contributed by atoms with Crippen LogP contribution in [0.1, 0.15) is 55.7 Å². The van der Waals surface area contributed by atoms with E-state index < -0.39 is 35.6 Å². The van der Waals surface area contributed by atoms with Crippen LogP contribution in [-0.4, -0.2) is 17.0 Å². The fraction of sp³-hybridized carbons (Fsp3) is 0.579. The topological polar surface area (TPSA) is 66.4 Å². The van der Waals surface area contributed by atoms with Crippen molar-refractivity contribution in [3.05, 3.63) is 35.4 Å². The molecule has 4 nitrogen and oxygen atoms in total. The van der Waals surface area contributed by atoms with Gasteiger partial charge in [-0.05, 0) is 55.7 Å². The zero-order chi connectivity index (χ0) is 18.9. The number of alkyl halides is 3. The number of hydrogen-bond donors (Lipinski definition) is 2. The number of carboxylic acids is 1. The second kappa shape index (κ2) is 7.29. The number of hydrogen-bond acceptors (Lipinski definition) is 2. The average Bonchev–Trinajstić information content (AvgIpc) is 3.44. The summed E-state index contributed by atoms with van der Waals surface area (Å²) in [7, 11) is 0. The van der Waals surface area contributed by atoms with Crippen molar-refractivity contribution in [2.24, 2.45) is 17.8 Å². The van der Waals surface area contributed by atoms with E-state index in [0.29, 0.717) is 31.2 Å². The van der Waals surface area contributed by atoms with Crippen LogP contribution in [0.3, 0.4) is 0 Å². The molecule has 3 atom stereocenters. The Morgan fingerprint density at radius 3 is 2.42 bits per heavy atom. The molecule has 26 heavy (non-hydrogen) atoms. The molecule has 2 aliphatic rings. The van der Waals surface area contributed by atoms with Crippen LogP contribution in [0.4, 0.5) is 13.2 Å². The van der Waals surface area contributed by atoms with Crippen LogP contribution < -0.4 is 5.32 Å². The highest BCUT2D eigenvalue weighted by Crippen LogP contribution is 2.42. The standard InChI is InChI=1S/C19H22F3NO3/c20-19(21,22)15-6-2-3-12(10-15)16(11-7-8-11)23-17(24)13-4-1-5-14(9-13)18(25)26/h2-3,6,10-11,13-14,16H,1,4-5,7-9H2,(H,23,24)(H,25,26). The van der Waals surface area contributed by atoms with Crippen LogP contribution in [-0.2, 0) is 15.8 Å². The number of carboxylic acid groups (broad SMARTS) is 1. The zero-order valence-corrected chi connectivity index (χ0v) is 14.3. The van der Waals surface area contributed by atoms with Crippen molar-refractivity contribution in [2.45, 2.75) is 50.7 Å². The van der Waals surface area contributed by atoms with Crippen molar-refractivity contribution < 1.29 is 27.9 Å². The Balaban J connectivity index is 1.73. The molecule has 1 amide bonds. The SMILES string of the molecule is O=C(O)C1CCCC(C(=O)NC(c2cccc(C(F)(F)F)c2)C2CC2)C1. The van der Waals surface area contributed by atoms with E-state index in [-0.39, 0.29) is 11.8 Å². The predicted molar refractivity (Wildman–Crippen MR) is 88.1 cm³/mol. The van der Waals surface area contributed by atoms with Gasteiger partial charge in [0.05, 0.1) is 17.5 Å². The highest BCUT2D eigenvalue weighted by atomic mass is 19.4. The van der Waals surface area contributed by atoms with Gasteiger partial charge in [0, 0.05) is 5.92 Å². The summed E-state index contributed by atoms with van der Waals surface area (Å²) in [6.07, 6.45) is -0.540. The first-order valence-corrected chi connectivity index (χ1v) is 8.96. The molecule has 0 spiro atoms. The smallest absolute Gasteiger partial charge is 0.416 e. The fourth-order valence-corrected chi connectivity index (χ4v) is 3.73. The van der Waals surface area contributed by atoms with Gasteiger partial charge in [-0.3, -0.25) is 9.59 Å². The second-order valence-corrected chi connectivity index (χ2v) is 7.35. The molecule has 3 rings (SSSR count). The van der Waals surface area contributed by atoms with Crippen molar-refractivity contribution in [1.29, 1.82) is 0 Å². The number of rotatable bonds is 5. The number of carbonyl (C=O) groups is 2. The van der Waals surface area contributed by atoms with Crippen LogP contribution >= 0.6 is 0 Å². The molecule has 0 radical (unpaired) electrons. The largest absolute Gasteiger partial charge is 0.481 e. The molecule has 7 heteroatoms. The maximum absolute atomic E-state index is 13.0. The maximum Gasteiger partial charge on any atom is 0.416 e. The second-order valence-electron chi connectivity index (χ2n) is 7.35. The first-order chi connectivity index (χ1) is 12.3. The highest BCUT2D eigenvalue weighted by Gasteiger charge is 2.38. The molecule has 0 bridgehead atoms. The molecule has 2 aliphatic carbocycles. The number of halogens is 3. The lowest BCUT2D eigenvalue weighted by atomic mass is 9.80. The van der Waals surface area contributed by atoms with Gasteiger partial charge in [-0.25, -0.2) is 0 Å². The number of nitrogens with one attached hydrogen (secondary N) is 1. The average molecular weight is 369 g/mol. The van der Waals surface area contributed by atoms with Gasteiger partial charge in [0.25, 0.3) is 0 Å². The van der Waals surface area contributed by atoms with E-state index in [1.807, 2.05) is 0 Å². The van der Waals surface area contributed by atoms with E-state index in [1.165, 1.54) is 6.07 Å². The van der Waals surface area contributed by atoms with Gasteiger partial charge in [0.1, 0.15) is 0 Å². The van der Waals surface area contributed by atoms with Crippen molar-refractivity contribution in [3.63, 3.8) is 0 Å². The van der Waals surface area contributed by atoms with Crippen molar-refractivity contribution >= 4 is 11.9 Å². The third kappa shape index (κ3) is 4.37. The van der Waals surface area contributed by atoms with Gasteiger partial charge >= 0.3 is 12.1 Å². The summed E-state index contributed by atoms with van der Waals surface area (Å²) in [6.45, 7) is 0. The number of benzene rings is 1. The normalized spacial score (nSPS) is 24.7. The van der Waals surface area contributed by atoms with Crippen LogP contribution in [0.25, 0.3) is 0 Å². The summed E-state index contributed by atoms with van der Waals surface area (Å²) in [6, 6.07) is 4.65. The van der Waals surface area contributed by atoms with Crippen molar-refractivity contribution in [2.75, 3.05) is 0 Å². The molecule has 0 aromatic heterocycles. The summed E-state index contributed by atoms with van der Waals surface area (Å²) in [5.41, 5.74) is -0.264. The quantitative estimate of drug-likeness (QED) is 0.819. The van der Waals surface area contributed by atoms with E-state index in [4.69, 9.17) is 5.11 Å². The van der Waals surface area contributed by atoms with Crippen molar-refractivity contribution in [1.82, 2.24) is 5.32 Å². The molecule has 0 aliphatic heterocycles. The summed E-state index contributed by atoms with van der Waals surface area (Å²) in [4.78, 5) is 23.8. The Kier molecular flexibility index (Phi) is 5.25. The third-order valence-electron chi connectivity index (χ3n) is 5.36. The molecular weight excluding hydrogens is 347 g/mol. The molecule has 0 heterocycles. The highest BCUT2D eigenvalue weighted by molar-refractivity contribution is 5.80. The molecular formula is C19H22F3NO3. The third-order valence-corrected chi connectivity index (χ3v) is 5.36. The minimum atomic E-state index is -4.42. The van der Waals surface area contributed by atoms with Gasteiger partial charge in [0.15, 0.2) is 0 Å². The molecule has 1 aromatic carbocycles. The number of carbonyl (C=O) groups excluding carboxylic acids is 1. The first-order valence-electron chi connectivity index (χ1n) is 8.96. The van der Waals surface area contributed by atoms with Crippen LogP contribution in [0.2, 0.25) is 0 Å². The Hall–Kier alpha value is -2.05. The van der Waals surface area contributed by atoms with E-state index >= 15 is 0 Å². The Bertz CT molecular complexity index is 685. The van der Waals surface area contributed by atoms with E-state index in [9.17, 15) is 22.8 Å². The molecule has 0 saturated heterocycles. The van der Waals surface area contributed by atoms with Crippen molar-refractivity contribution in [3.8, 4) is 0 Å². The van der Waals surface area contributed by atoms with Crippen LogP contribution in [0.5, 0.6) is 0 Å². The lowest BCUT2D eigenvalue weighted by Gasteiger charge is -2.28. The molecule has 2 N–H and O–H groups in total. The van der Waals surface area contributed by atoms with Gasteiger partial charge < -0.3 is 10.4 Å². The predicted octanol–water partition coefficient (Wildman–Crippen LogP) is 4.16. The van der Waals surface area contributed by atoms with Crippen LogP contribution in [0.15, 0.2) is 24.3 Å². The van der Waals surface area contributed by atoms with E-state index in [0.717, 1.165) is 25.0 Å². The van der Waals surface area contributed by atoms with Crippen LogP contribution in [0, 0.1) is 17.8 Å². The van der Waals surface area contributed by atoms with Gasteiger partial charge in [-0.2, -0.15) is 13.2 Å². The summed E-state index contributed by atoms with van der Waals surface area (Å²) in [5.74, 6) is -1.91.